The van der Waals surface area contributed by atoms with Crippen LogP contribution in [0.4, 0.5) is 0 Å². The summed E-state index contributed by atoms with van der Waals surface area (Å²) in [5, 5.41) is 3.41. The van der Waals surface area contributed by atoms with E-state index in [9.17, 15) is 0 Å². The molecule has 0 unspecified atom stereocenters. The van der Waals surface area contributed by atoms with Crippen molar-refractivity contribution in [3.8, 4) is 0 Å². The van der Waals surface area contributed by atoms with Crippen molar-refractivity contribution in [3.63, 3.8) is 0 Å². The fourth-order valence-corrected chi connectivity index (χ4v) is 1.88. The van der Waals surface area contributed by atoms with E-state index in [0.29, 0.717) is 5.54 Å². The molecule has 0 atom stereocenters. The van der Waals surface area contributed by atoms with Crippen LogP contribution in [-0.4, -0.2) is 12.6 Å². The molecule has 1 N–H and O–H groups in total. The molecule has 0 spiro atoms. The van der Waals surface area contributed by atoms with Crippen molar-refractivity contribution in [1.29, 1.82) is 0 Å². The predicted molar refractivity (Wildman–Crippen MR) is 45.1 cm³/mol. The van der Waals surface area contributed by atoms with Crippen LogP contribution in [0.15, 0.2) is 12.7 Å². The average Bonchev–Trinajstić information content (AvgIpc) is 2.39. The van der Waals surface area contributed by atoms with Gasteiger partial charge in [0.05, 0.1) is 0 Å². The van der Waals surface area contributed by atoms with E-state index in [1.165, 1.54) is 25.7 Å². The minimum Gasteiger partial charge on any atom is -0.314 e. The maximum Gasteiger partial charge on any atom is 0.0212 e. The van der Waals surface area contributed by atoms with Gasteiger partial charge >= 0.3 is 0 Å². The average molecular weight is 139 g/mol. The van der Waals surface area contributed by atoms with E-state index in [1.54, 1.807) is 0 Å². The maximum absolute atomic E-state index is 3.78. The summed E-state index contributed by atoms with van der Waals surface area (Å²) < 4.78 is 0. The molecule has 0 heterocycles. The summed E-state index contributed by atoms with van der Waals surface area (Å²) in [6.07, 6.45) is 8.58. The van der Waals surface area contributed by atoms with Crippen LogP contribution in [0, 0.1) is 0 Å². The molecule has 1 fully saturated rings. The Morgan fingerprint density at radius 2 is 2.10 bits per heavy atom. The van der Waals surface area contributed by atoms with Gasteiger partial charge in [0.25, 0.3) is 0 Å². The van der Waals surface area contributed by atoms with Crippen LogP contribution >= 0.6 is 0 Å². The van der Waals surface area contributed by atoms with Gasteiger partial charge in [-0.15, -0.1) is 6.58 Å². The van der Waals surface area contributed by atoms with Gasteiger partial charge in [-0.05, 0) is 26.3 Å². The van der Waals surface area contributed by atoms with Crippen molar-refractivity contribution >= 4 is 0 Å². The Kier molecular flexibility index (Phi) is 2.50. The smallest absolute Gasteiger partial charge is 0.0212 e. The van der Waals surface area contributed by atoms with Gasteiger partial charge < -0.3 is 5.32 Å². The molecule has 1 heteroatoms. The summed E-state index contributed by atoms with van der Waals surface area (Å²) in [5.41, 5.74) is 0.418. The van der Waals surface area contributed by atoms with Crippen LogP contribution in [0.5, 0.6) is 0 Å². The summed E-state index contributed by atoms with van der Waals surface area (Å²) in [4.78, 5) is 0. The molecule has 0 amide bonds. The fraction of sp³-hybridized carbons (Fsp3) is 0.778. The van der Waals surface area contributed by atoms with Crippen molar-refractivity contribution in [2.75, 3.05) is 7.05 Å². The summed E-state index contributed by atoms with van der Waals surface area (Å²) in [6, 6.07) is 0. The quantitative estimate of drug-likeness (QED) is 0.590. The number of nitrogens with one attached hydrogen (secondary N) is 1. The topological polar surface area (TPSA) is 12.0 Å². The first-order chi connectivity index (χ1) is 4.83. The Labute approximate surface area is 63.5 Å². The molecular formula is C9H17N. The Morgan fingerprint density at radius 3 is 2.50 bits per heavy atom. The molecule has 1 aliphatic carbocycles. The third kappa shape index (κ3) is 1.40. The molecule has 0 saturated heterocycles. The monoisotopic (exact) mass is 139 g/mol. The molecule has 0 aliphatic heterocycles. The molecule has 1 rings (SSSR count). The minimum atomic E-state index is 0.418. The summed E-state index contributed by atoms with van der Waals surface area (Å²) in [6.45, 7) is 3.78. The second-order valence-electron chi connectivity index (χ2n) is 3.23. The van der Waals surface area contributed by atoms with Gasteiger partial charge in [-0.2, -0.15) is 0 Å². The third-order valence-corrected chi connectivity index (χ3v) is 2.63. The lowest BCUT2D eigenvalue weighted by Gasteiger charge is -2.26. The highest BCUT2D eigenvalue weighted by molar-refractivity contribution is 4.96. The summed E-state index contributed by atoms with van der Waals surface area (Å²) in [5.74, 6) is 0. The van der Waals surface area contributed by atoms with Crippen molar-refractivity contribution in [3.05, 3.63) is 12.7 Å². The zero-order chi connectivity index (χ0) is 7.45. The van der Waals surface area contributed by atoms with Crippen LogP contribution in [0.2, 0.25) is 0 Å². The summed E-state index contributed by atoms with van der Waals surface area (Å²) >= 11 is 0. The molecule has 10 heavy (non-hydrogen) atoms. The van der Waals surface area contributed by atoms with E-state index in [2.05, 4.69) is 18.9 Å². The standard InChI is InChI=1S/C9H17N/c1-3-6-9(10-2)7-4-5-8-9/h3,10H,1,4-8H2,2H3. The third-order valence-electron chi connectivity index (χ3n) is 2.63. The highest BCUT2D eigenvalue weighted by atomic mass is 14.9. The fourth-order valence-electron chi connectivity index (χ4n) is 1.88. The molecule has 0 aromatic heterocycles. The van der Waals surface area contributed by atoms with E-state index in [1.807, 2.05) is 6.08 Å². The van der Waals surface area contributed by atoms with Gasteiger partial charge in [0, 0.05) is 5.54 Å². The molecule has 0 bridgehead atoms. The number of hydrogen-bond acceptors (Lipinski definition) is 1. The SMILES string of the molecule is C=CCC1(NC)CCCC1. The molecule has 58 valence electrons. The van der Waals surface area contributed by atoms with Crippen LogP contribution in [0.3, 0.4) is 0 Å². The van der Waals surface area contributed by atoms with E-state index in [4.69, 9.17) is 0 Å². The van der Waals surface area contributed by atoms with E-state index in [-0.39, 0.29) is 0 Å². The first-order valence-electron chi connectivity index (χ1n) is 4.13. The lowest BCUT2D eigenvalue weighted by atomic mass is 9.94. The zero-order valence-corrected chi connectivity index (χ0v) is 6.82. The first-order valence-corrected chi connectivity index (χ1v) is 4.13. The van der Waals surface area contributed by atoms with Crippen LogP contribution in [0.25, 0.3) is 0 Å². The molecule has 1 nitrogen and oxygen atoms in total. The van der Waals surface area contributed by atoms with Crippen LogP contribution in [0.1, 0.15) is 32.1 Å². The van der Waals surface area contributed by atoms with Gasteiger partial charge in [-0.1, -0.05) is 18.9 Å². The number of rotatable bonds is 3. The maximum atomic E-state index is 3.78. The van der Waals surface area contributed by atoms with Crippen molar-refractivity contribution < 1.29 is 0 Å². The van der Waals surface area contributed by atoms with Gasteiger partial charge in [0.1, 0.15) is 0 Å². The van der Waals surface area contributed by atoms with Crippen LogP contribution in [-0.2, 0) is 0 Å². The Hall–Kier alpha value is -0.300. The highest BCUT2D eigenvalue weighted by Gasteiger charge is 2.29. The Bertz CT molecular complexity index is 112. The molecule has 1 aliphatic rings. The molecule has 1 saturated carbocycles. The highest BCUT2D eigenvalue weighted by Crippen LogP contribution is 2.32. The Morgan fingerprint density at radius 1 is 1.50 bits per heavy atom. The van der Waals surface area contributed by atoms with Gasteiger partial charge in [-0.3, -0.25) is 0 Å². The van der Waals surface area contributed by atoms with Gasteiger partial charge in [0.15, 0.2) is 0 Å². The van der Waals surface area contributed by atoms with E-state index < -0.39 is 0 Å². The predicted octanol–water partition coefficient (Wildman–Crippen LogP) is 2.09. The second kappa shape index (κ2) is 3.20. The van der Waals surface area contributed by atoms with E-state index >= 15 is 0 Å². The van der Waals surface area contributed by atoms with Gasteiger partial charge in [0.2, 0.25) is 0 Å². The lowest BCUT2D eigenvalue weighted by molar-refractivity contribution is 0.363. The molecule has 0 aromatic carbocycles. The Balaban J connectivity index is 2.48. The summed E-state index contributed by atoms with van der Waals surface area (Å²) in [7, 11) is 2.06. The van der Waals surface area contributed by atoms with Crippen molar-refractivity contribution in [2.24, 2.45) is 0 Å². The van der Waals surface area contributed by atoms with Crippen molar-refractivity contribution in [2.45, 2.75) is 37.6 Å². The molecule has 0 aromatic rings. The van der Waals surface area contributed by atoms with E-state index in [0.717, 1.165) is 6.42 Å². The molecular weight excluding hydrogens is 122 g/mol. The first kappa shape index (κ1) is 7.80. The lowest BCUT2D eigenvalue weighted by Crippen LogP contribution is -2.39. The largest absolute Gasteiger partial charge is 0.314 e. The van der Waals surface area contributed by atoms with Crippen LogP contribution < -0.4 is 5.32 Å². The number of hydrogen-bond donors (Lipinski definition) is 1. The second-order valence-corrected chi connectivity index (χ2v) is 3.23. The molecule has 0 radical (unpaired) electrons. The zero-order valence-electron chi connectivity index (χ0n) is 6.82. The van der Waals surface area contributed by atoms with Gasteiger partial charge in [-0.25, -0.2) is 0 Å². The van der Waals surface area contributed by atoms with Crippen molar-refractivity contribution in [1.82, 2.24) is 5.32 Å². The normalized spacial score (nSPS) is 22.9. The minimum absolute atomic E-state index is 0.418.